The highest BCUT2D eigenvalue weighted by molar-refractivity contribution is 6.30. The van der Waals surface area contributed by atoms with Crippen LogP contribution in [0.5, 0.6) is 5.75 Å². The molecule has 0 saturated heterocycles. The van der Waals surface area contributed by atoms with Gasteiger partial charge in [0.2, 0.25) is 0 Å². The molecular weight excluding hydrogens is 407 g/mol. The van der Waals surface area contributed by atoms with E-state index >= 15 is 0 Å². The van der Waals surface area contributed by atoms with E-state index in [-0.39, 0.29) is 5.69 Å². The van der Waals surface area contributed by atoms with Crippen LogP contribution >= 0.6 is 11.6 Å². The Hall–Kier alpha value is -3.13. The first-order chi connectivity index (χ1) is 13.8. The summed E-state index contributed by atoms with van der Waals surface area (Å²) in [5.41, 5.74) is 0.603. The molecule has 9 heteroatoms. The van der Waals surface area contributed by atoms with Gasteiger partial charge in [0.25, 0.3) is 5.91 Å². The molecule has 0 spiro atoms. The lowest BCUT2D eigenvalue weighted by Gasteiger charge is -2.29. The summed E-state index contributed by atoms with van der Waals surface area (Å²) >= 11 is 5.97. The lowest BCUT2D eigenvalue weighted by molar-refractivity contribution is -0.137. The molecule has 0 aliphatic carbocycles. The molecule has 5 nitrogen and oxygen atoms in total. The maximum atomic E-state index is 13.0. The van der Waals surface area contributed by atoms with Crippen LogP contribution in [-0.2, 0) is 6.18 Å². The summed E-state index contributed by atoms with van der Waals surface area (Å²) in [5, 5.41) is 0.488. The molecular formula is C20H13ClF3N3O2. The van der Waals surface area contributed by atoms with Crippen LogP contribution in [-0.4, -0.2) is 29.0 Å². The lowest BCUT2D eigenvalue weighted by Crippen LogP contribution is -2.38. The van der Waals surface area contributed by atoms with Crippen molar-refractivity contribution in [3.8, 4) is 17.0 Å². The predicted octanol–water partition coefficient (Wildman–Crippen LogP) is 4.86. The second-order valence-corrected chi connectivity index (χ2v) is 6.72. The van der Waals surface area contributed by atoms with Crippen molar-refractivity contribution in [1.29, 1.82) is 0 Å². The van der Waals surface area contributed by atoms with Crippen molar-refractivity contribution in [2.24, 2.45) is 0 Å². The van der Waals surface area contributed by atoms with Gasteiger partial charge in [-0.15, -0.1) is 0 Å². The van der Waals surface area contributed by atoms with E-state index in [0.29, 0.717) is 40.9 Å². The molecule has 148 valence electrons. The van der Waals surface area contributed by atoms with E-state index < -0.39 is 17.6 Å². The first kappa shape index (κ1) is 19.2. The van der Waals surface area contributed by atoms with Gasteiger partial charge in [0, 0.05) is 16.7 Å². The maximum Gasteiger partial charge on any atom is 0.416 e. The number of nitrogens with zero attached hydrogens (tertiary/aromatic N) is 3. The zero-order valence-electron chi connectivity index (χ0n) is 14.8. The molecule has 3 aromatic rings. The quantitative estimate of drug-likeness (QED) is 0.595. The Morgan fingerprint density at radius 3 is 2.59 bits per heavy atom. The van der Waals surface area contributed by atoms with Crippen LogP contribution in [0.2, 0.25) is 5.02 Å². The molecule has 0 bridgehead atoms. The van der Waals surface area contributed by atoms with Crippen molar-refractivity contribution >= 4 is 23.2 Å². The number of benzene rings is 2. The minimum Gasteiger partial charge on any atom is -0.489 e. The number of alkyl halides is 3. The first-order valence-electron chi connectivity index (χ1n) is 8.57. The van der Waals surface area contributed by atoms with Gasteiger partial charge in [0.05, 0.1) is 35.9 Å². The van der Waals surface area contributed by atoms with E-state index in [1.807, 2.05) is 0 Å². The van der Waals surface area contributed by atoms with Gasteiger partial charge in [0.1, 0.15) is 18.1 Å². The van der Waals surface area contributed by atoms with Crippen LogP contribution in [0.1, 0.15) is 16.1 Å². The molecule has 0 unspecified atom stereocenters. The average molecular weight is 420 g/mol. The average Bonchev–Trinajstić information content (AvgIpc) is 2.72. The van der Waals surface area contributed by atoms with Crippen molar-refractivity contribution in [3.05, 3.63) is 71.1 Å². The molecule has 0 N–H and O–H groups in total. The summed E-state index contributed by atoms with van der Waals surface area (Å²) in [6.07, 6.45) is -1.71. The Morgan fingerprint density at radius 2 is 1.86 bits per heavy atom. The highest BCUT2D eigenvalue weighted by Crippen LogP contribution is 2.35. The summed E-state index contributed by atoms with van der Waals surface area (Å²) < 4.78 is 43.8. The van der Waals surface area contributed by atoms with Crippen LogP contribution in [0, 0.1) is 0 Å². The molecule has 1 aromatic heterocycles. The molecule has 1 amide bonds. The summed E-state index contributed by atoms with van der Waals surface area (Å²) in [4.78, 5) is 22.8. The minimum absolute atomic E-state index is 0.0743. The molecule has 0 radical (unpaired) electrons. The fraction of sp³-hybridized carbons (Fsp3) is 0.150. The summed E-state index contributed by atoms with van der Waals surface area (Å²) in [5.74, 6) is 0.0992. The number of amides is 1. The van der Waals surface area contributed by atoms with Crippen molar-refractivity contribution < 1.29 is 22.7 Å². The van der Waals surface area contributed by atoms with Crippen LogP contribution in [0.25, 0.3) is 11.3 Å². The minimum atomic E-state index is -4.42. The summed E-state index contributed by atoms with van der Waals surface area (Å²) in [6, 6.07) is 9.49. The van der Waals surface area contributed by atoms with Gasteiger partial charge in [-0.3, -0.25) is 9.78 Å². The van der Waals surface area contributed by atoms with Crippen molar-refractivity contribution in [1.82, 2.24) is 9.97 Å². The molecule has 1 aliphatic heterocycles. The Bertz CT molecular complexity index is 1070. The standard InChI is InChI=1S/C20H13ClF3N3O2/c21-14-5-6-17-18(9-14)29-8-7-27(17)19(28)16-11-25-10-15(26-16)12-1-3-13(4-2-12)20(22,23)24/h1-6,9-11H,7-8H2. The topological polar surface area (TPSA) is 55.3 Å². The Labute approximate surface area is 168 Å². The molecule has 0 saturated carbocycles. The first-order valence-corrected chi connectivity index (χ1v) is 8.94. The molecule has 0 fully saturated rings. The number of aromatic nitrogens is 2. The van der Waals surface area contributed by atoms with Gasteiger partial charge >= 0.3 is 6.18 Å². The zero-order valence-corrected chi connectivity index (χ0v) is 15.5. The fourth-order valence-electron chi connectivity index (χ4n) is 2.98. The van der Waals surface area contributed by atoms with Crippen LogP contribution in [0.4, 0.5) is 18.9 Å². The van der Waals surface area contributed by atoms with E-state index in [2.05, 4.69) is 9.97 Å². The number of rotatable bonds is 2. The molecule has 1 aliphatic rings. The lowest BCUT2D eigenvalue weighted by atomic mass is 10.1. The third kappa shape index (κ3) is 3.88. The van der Waals surface area contributed by atoms with Gasteiger partial charge in [-0.2, -0.15) is 13.2 Å². The summed E-state index contributed by atoms with van der Waals surface area (Å²) in [6.45, 7) is 0.616. The molecule has 2 heterocycles. The Kier molecular flexibility index (Phi) is 4.87. The number of hydrogen-bond acceptors (Lipinski definition) is 4. The van der Waals surface area contributed by atoms with E-state index in [9.17, 15) is 18.0 Å². The van der Waals surface area contributed by atoms with E-state index in [1.165, 1.54) is 29.4 Å². The van der Waals surface area contributed by atoms with E-state index in [4.69, 9.17) is 16.3 Å². The van der Waals surface area contributed by atoms with E-state index in [0.717, 1.165) is 12.1 Å². The van der Waals surface area contributed by atoms with E-state index in [1.54, 1.807) is 18.2 Å². The van der Waals surface area contributed by atoms with Crippen molar-refractivity contribution in [2.75, 3.05) is 18.1 Å². The van der Waals surface area contributed by atoms with Gasteiger partial charge in [-0.1, -0.05) is 23.7 Å². The van der Waals surface area contributed by atoms with Gasteiger partial charge in [-0.25, -0.2) is 4.98 Å². The molecule has 4 rings (SSSR count). The largest absolute Gasteiger partial charge is 0.489 e. The molecule has 0 atom stereocenters. The number of halogens is 4. The predicted molar refractivity (Wildman–Crippen MR) is 101 cm³/mol. The number of carbonyl (C=O) groups excluding carboxylic acids is 1. The van der Waals surface area contributed by atoms with Crippen molar-refractivity contribution in [2.45, 2.75) is 6.18 Å². The van der Waals surface area contributed by atoms with Crippen LogP contribution in [0.3, 0.4) is 0 Å². The third-order valence-corrected chi connectivity index (χ3v) is 4.63. The highest BCUT2D eigenvalue weighted by atomic mass is 35.5. The summed E-state index contributed by atoms with van der Waals surface area (Å²) in [7, 11) is 0. The van der Waals surface area contributed by atoms with Crippen molar-refractivity contribution in [3.63, 3.8) is 0 Å². The third-order valence-electron chi connectivity index (χ3n) is 4.39. The monoisotopic (exact) mass is 419 g/mol. The molecule has 2 aromatic carbocycles. The number of anilines is 1. The Morgan fingerprint density at radius 1 is 1.10 bits per heavy atom. The normalized spacial score (nSPS) is 13.6. The number of ether oxygens (including phenoxy) is 1. The van der Waals surface area contributed by atoms with Gasteiger partial charge in [0.15, 0.2) is 0 Å². The smallest absolute Gasteiger partial charge is 0.416 e. The van der Waals surface area contributed by atoms with Crippen LogP contribution < -0.4 is 9.64 Å². The van der Waals surface area contributed by atoms with Gasteiger partial charge in [-0.05, 0) is 24.3 Å². The maximum absolute atomic E-state index is 13.0. The second-order valence-electron chi connectivity index (χ2n) is 6.28. The second kappa shape index (κ2) is 7.36. The highest BCUT2D eigenvalue weighted by Gasteiger charge is 2.30. The van der Waals surface area contributed by atoms with Crippen LogP contribution in [0.15, 0.2) is 54.9 Å². The zero-order chi connectivity index (χ0) is 20.6. The number of fused-ring (bicyclic) bond motifs is 1. The van der Waals surface area contributed by atoms with Gasteiger partial charge < -0.3 is 9.64 Å². The number of carbonyl (C=O) groups is 1. The number of hydrogen-bond donors (Lipinski definition) is 0. The SMILES string of the molecule is O=C(c1cncc(-c2ccc(C(F)(F)F)cc2)n1)N1CCOc2cc(Cl)ccc21. The Balaban J connectivity index is 1.64. The fourth-order valence-corrected chi connectivity index (χ4v) is 3.14. The molecule has 29 heavy (non-hydrogen) atoms.